The van der Waals surface area contributed by atoms with Crippen molar-refractivity contribution in [3.8, 4) is 6.07 Å². The topological polar surface area (TPSA) is 87.2 Å². The predicted octanol–water partition coefficient (Wildman–Crippen LogP) is 1.75. The molecule has 0 heterocycles. The Hall–Kier alpha value is -1.58. The number of hydrogen-bond donors (Lipinski definition) is 1. The maximum absolute atomic E-state index is 12.5. The summed E-state index contributed by atoms with van der Waals surface area (Å²) in [7, 11) is -3.61. The molecule has 0 aliphatic rings. The van der Waals surface area contributed by atoms with Gasteiger partial charge in [0.25, 0.3) is 0 Å². The third kappa shape index (κ3) is 3.25. The van der Waals surface area contributed by atoms with E-state index in [2.05, 4.69) is 0 Å². The summed E-state index contributed by atoms with van der Waals surface area (Å²) in [5, 5.41) is 8.82. The minimum absolute atomic E-state index is 0.184. The largest absolute Gasteiger partial charge is 0.398 e. The fourth-order valence-electron chi connectivity index (χ4n) is 1.79. The molecule has 0 aromatic heterocycles. The van der Waals surface area contributed by atoms with Gasteiger partial charge in [-0.05, 0) is 31.5 Å². The van der Waals surface area contributed by atoms with Crippen LogP contribution in [0.4, 0.5) is 5.69 Å². The van der Waals surface area contributed by atoms with Gasteiger partial charge < -0.3 is 5.73 Å². The first-order chi connectivity index (χ1) is 8.84. The van der Waals surface area contributed by atoms with Gasteiger partial charge in [-0.15, -0.1) is 0 Å². The molecule has 6 heteroatoms. The van der Waals surface area contributed by atoms with Crippen LogP contribution in [0.3, 0.4) is 0 Å². The lowest BCUT2D eigenvalue weighted by Gasteiger charge is -2.22. The minimum Gasteiger partial charge on any atom is -0.398 e. The highest BCUT2D eigenvalue weighted by molar-refractivity contribution is 7.89. The highest BCUT2D eigenvalue weighted by atomic mass is 32.2. The highest BCUT2D eigenvalue weighted by Gasteiger charge is 2.26. The van der Waals surface area contributed by atoms with Gasteiger partial charge in [0.1, 0.15) is 0 Å². The lowest BCUT2D eigenvalue weighted by molar-refractivity contribution is 0.399. The summed E-state index contributed by atoms with van der Waals surface area (Å²) in [4.78, 5) is 0.208. The van der Waals surface area contributed by atoms with E-state index in [4.69, 9.17) is 11.0 Å². The SMILES string of the molecule is CCN(CC(C)C#N)S(=O)(=O)c1cccc(N)c1C. The van der Waals surface area contributed by atoms with Gasteiger partial charge in [-0.1, -0.05) is 13.0 Å². The molecule has 0 aliphatic carbocycles. The molecule has 104 valence electrons. The third-order valence-electron chi connectivity index (χ3n) is 2.99. The van der Waals surface area contributed by atoms with Gasteiger partial charge in [0.05, 0.1) is 16.9 Å². The van der Waals surface area contributed by atoms with Crippen molar-refractivity contribution in [3.63, 3.8) is 0 Å². The van der Waals surface area contributed by atoms with Crippen LogP contribution in [0.1, 0.15) is 19.4 Å². The van der Waals surface area contributed by atoms with E-state index in [0.29, 0.717) is 17.8 Å². The van der Waals surface area contributed by atoms with Crippen LogP contribution in [0.5, 0.6) is 0 Å². The van der Waals surface area contributed by atoms with Gasteiger partial charge in [-0.3, -0.25) is 0 Å². The molecule has 0 radical (unpaired) electrons. The molecule has 0 saturated carbocycles. The number of benzene rings is 1. The lowest BCUT2D eigenvalue weighted by atomic mass is 10.2. The van der Waals surface area contributed by atoms with Gasteiger partial charge in [-0.2, -0.15) is 9.57 Å². The molecule has 0 saturated heterocycles. The van der Waals surface area contributed by atoms with E-state index < -0.39 is 10.0 Å². The van der Waals surface area contributed by atoms with Crippen LogP contribution in [0.25, 0.3) is 0 Å². The van der Waals surface area contributed by atoms with Gasteiger partial charge in [0.15, 0.2) is 0 Å². The van der Waals surface area contributed by atoms with Gasteiger partial charge in [0.2, 0.25) is 10.0 Å². The quantitative estimate of drug-likeness (QED) is 0.833. The average molecular weight is 281 g/mol. The molecule has 1 aromatic carbocycles. The second-order valence-corrected chi connectivity index (χ2v) is 6.36. The fraction of sp³-hybridized carbons (Fsp3) is 0.462. The summed E-state index contributed by atoms with van der Waals surface area (Å²) in [5.74, 6) is -0.351. The van der Waals surface area contributed by atoms with Crippen LogP contribution in [0.15, 0.2) is 23.1 Å². The zero-order valence-electron chi connectivity index (χ0n) is 11.4. The molecule has 0 spiro atoms. The van der Waals surface area contributed by atoms with Crippen molar-refractivity contribution in [2.75, 3.05) is 18.8 Å². The number of nitrogens with zero attached hydrogens (tertiary/aromatic N) is 2. The first-order valence-corrected chi connectivity index (χ1v) is 7.53. The van der Waals surface area contributed by atoms with Crippen LogP contribution >= 0.6 is 0 Å². The first-order valence-electron chi connectivity index (χ1n) is 6.09. The average Bonchev–Trinajstić information content (AvgIpc) is 2.38. The Kier molecular flexibility index (Phi) is 4.92. The number of sulfonamides is 1. The molecule has 5 nitrogen and oxygen atoms in total. The molecule has 1 unspecified atom stereocenters. The van der Waals surface area contributed by atoms with Crippen LogP contribution in [-0.4, -0.2) is 25.8 Å². The highest BCUT2D eigenvalue weighted by Crippen LogP contribution is 2.24. The Bertz CT molecular complexity index is 590. The lowest BCUT2D eigenvalue weighted by Crippen LogP contribution is -2.34. The van der Waals surface area contributed by atoms with Crippen LogP contribution in [0, 0.1) is 24.2 Å². The van der Waals surface area contributed by atoms with E-state index in [-0.39, 0.29) is 17.4 Å². The second kappa shape index (κ2) is 6.04. The molecule has 19 heavy (non-hydrogen) atoms. The molecule has 1 atom stereocenters. The molecular formula is C13H19N3O2S. The van der Waals surface area contributed by atoms with Gasteiger partial charge in [-0.25, -0.2) is 8.42 Å². The summed E-state index contributed by atoms with van der Waals surface area (Å²) in [6.45, 7) is 5.64. The van der Waals surface area contributed by atoms with Crippen LogP contribution in [0.2, 0.25) is 0 Å². The molecule has 1 aromatic rings. The normalized spacial score (nSPS) is 13.2. The van der Waals surface area contributed by atoms with Crippen molar-refractivity contribution >= 4 is 15.7 Å². The van der Waals surface area contributed by atoms with Gasteiger partial charge >= 0.3 is 0 Å². The summed E-state index contributed by atoms with van der Waals surface area (Å²) >= 11 is 0. The minimum atomic E-state index is -3.61. The molecule has 2 N–H and O–H groups in total. The Balaban J connectivity index is 3.22. The summed E-state index contributed by atoms with van der Waals surface area (Å²) in [5.41, 5.74) is 6.75. The van der Waals surface area contributed by atoms with Crippen molar-refractivity contribution in [2.24, 2.45) is 5.92 Å². The Morgan fingerprint density at radius 3 is 2.63 bits per heavy atom. The number of rotatable bonds is 5. The number of nitrogen functional groups attached to an aromatic ring is 1. The van der Waals surface area contributed by atoms with Crippen molar-refractivity contribution in [1.29, 1.82) is 5.26 Å². The zero-order valence-corrected chi connectivity index (χ0v) is 12.2. The van der Waals surface area contributed by atoms with Crippen LogP contribution in [-0.2, 0) is 10.0 Å². The van der Waals surface area contributed by atoms with Crippen molar-refractivity contribution in [2.45, 2.75) is 25.7 Å². The molecular weight excluding hydrogens is 262 g/mol. The second-order valence-electron chi connectivity index (χ2n) is 4.46. The summed E-state index contributed by atoms with van der Waals surface area (Å²) in [6.07, 6.45) is 0. The van der Waals surface area contributed by atoms with E-state index in [1.807, 2.05) is 6.07 Å². The molecule has 0 amide bonds. The van der Waals surface area contributed by atoms with Gasteiger partial charge in [0, 0.05) is 18.8 Å². The number of anilines is 1. The molecule has 1 rings (SSSR count). The molecule has 0 fully saturated rings. The molecule has 0 aliphatic heterocycles. The van der Waals surface area contributed by atoms with Crippen molar-refractivity contribution in [1.82, 2.24) is 4.31 Å². The standard InChI is InChI=1S/C13H19N3O2S/c1-4-16(9-10(2)8-14)19(17,18)13-7-5-6-12(15)11(13)3/h5-7,10H,4,9,15H2,1-3H3. The predicted molar refractivity (Wildman–Crippen MR) is 74.8 cm³/mol. The van der Waals surface area contributed by atoms with E-state index >= 15 is 0 Å². The first kappa shape index (κ1) is 15.5. The smallest absolute Gasteiger partial charge is 0.243 e. The van der Waals surface area contributed by atoms with E-state index in [1.54, 1.807) is 39.0 Å². The maximum atomic E-state index is 12.5. The van der Waals surface area contributed by atoms with E-state index in [9.17, 15) is 8.42 Å². The number of nitrogens with two attached hydrogens (primary N) is 1. The van der Waals surface area contributed by atoms with Crippen LogP contribution < -0.4 is 5.73 Å². The monoisotopic (exact) mass is 281 g/mol. The maximum Gasteiger partial charge on any atom is 0.243 e. The summed E-state index contributed by atoms with van der Waals surface area (Å²) in [6, 6.07) is 6.88. The molecule has 0 bridgehead atoms. The number of hydrogen-bond acceptors (Lipinski definition) is 4. The Morgan fingerprint density at radius 1 is 1.47 bits per heavy atom. The Morgan fingerprint density at radius 2 is 2.11 bits per heavy atom. The summed E-state index contributed by atoms with van der Waals surface area (Å²) < 4.78 is 26.4. The van der Waals surface area contributed by atoms with Crippen molar-refractivity contribution < 1.29 is 8.42 Å². The van der Waals surface area contributed by atoms with E-state index in [1.165, 1.54) is 4.31 Å². The number of nitriles is 1. The third-order valence-corrected chi connectivity index (χ3v) is 5.08. The van der Waals surface area contributed by atoms with E-state index in [0.717, 1.165) is 0 Å². The van der Waals surface area contributed by atoms with Crippen molar-refractivity contribution in [3.05, 3.63) is 23.8 Å². The Labute approximate surface area is 114 Å². The zero-order chi connectivity index (χ0) is 14.6. The fourth-order valence-corrected chi connectivity index (χ4v) is 3.59.